The third kappa shape index (κ3) is 2.91. The van der Waals surface area contributed by atoms with E-state index in [1.807, 2.05) is 18.2 Å². The number of imidazole rings is 1. The molecule has 3 aromatic rings. The smallest absolute Gasteiger partial charge is 0.325 e. The van der Waals surface area contributed by atoms with Crippen molar-refractivity contribution in [2.24, 2.45) is 0 Å². The second kappa shape index (κ2) is 5.94. The van der Waals surface area contributed by atoms with Crippen molar-refractivity contribution in [1.82, 2.24) is 19.9 Å². The van der Waals surface area contributed by atoms with Crippen molar-refractivity contribution in [3.63, 3.8) is 0 Å². The first-order valence-corrected chi connectivity index (χ1v) is 7.97. The number of nitrogens with zero attached hydrogens (tertiary/aromatic N) is 2. The zero-order valence-corrected chi connectivity index (χ0v) is 13.3. The summed E-state index contributed by atoms with van der Waals surface area (Å²) in [5, 5.41) is 9.37. The molecule has 0 saturated heterocycles. The molecule has 0 aliphatic carbocycles. The van der Waals surface area contributed by atoms with Crippen molar-refractivity contribution in [3.05, 3.63) is 64.2 Å². The summed E-state index contributed by atoms with van der Waals surface area (Å²) in [6.07, 6.45) is 2.75. The van der Waals surface area contributed by atoms with Crippen LogP contribution in [0.25, 0.3) is 16.7 Å². The van der Waals surface area contributed by atoms with Crippen LogP contribution in [-0.4, -0.2) is 44.0 Å². The quantitative estimate of drug-likeness (QED) is 0.665. The Morgan fingerprint density at radius 2 is 1.92 bits per heavy atom. The van der Waals surface area contributed by atoms with E-state index in [1.54, 1.807) is 29.2 Å². The lowest BCUT2D eigenvalue weighted by molar-refractivity contribution is 0.0767. The molecule has 1 amide bonds. The molecule has 1 aliphatic heterocycles. The number of nitrogens with one attached hydrogen (secondary N) is 2. The molecule has 0 bridgehead atoms. The minimum Gasteiger partial charge on any atom is -0.508 e. The number of pyridine rings is 1. The first-order chi connectivity index (χ1) is 12.1. The van der Waals surface area contributed by atoms with Gasteiger partial charge in [-0.05, 0) is 41.8 Å². The van der Waals surface area contributed by atoms with Crippen molar-refractivity contribution in [3.8, 4) is 5.75 Å². The average Bonchev–Trinajstić information content (AvgIpc) is 3.01. The van der Waals surface area contributed by atoms with Crippen LogP contribution >= 0.6 is 0 Å². The Kier molecular flexibility index (Phi) is 3.61. The molecule has 2 aromatic heterocycles. The summed E-state index contributed by atoms with van der Waals surface area (Å²) >= 11 is 0. The number of aromatic nitrogens is 3. The standard InChI is InChI=1S/C18H16N4O3/c23-13-3-1-11(2-4-13)12-7-9-22(10-8-12)17(24)15-6-5-14-16(19-15)21-18(25)20-14/h1-7,23H,8-10H2,(H2,19,20,21,25). The van der Waals surface area contributed by atoms with Gasteiger partial charge in [0.15, 0.2) is 5.65 Å². The first-order valence-electron chi connectivity index (χ1n) is 7.97. The third-order valence-corrected chi connectivity index (χ3v) is 4.33. The van der Waals surface area contributed by atoms with Crippen molar-refractivity contribution in [1.29, 1.82) is 0 Å². The molecule has 25 heavy (non-hydrogen) atoms. The highest BCUT2D eigenvalue weighted by molar-refractivity contribution is 5.94. The summed E-state index contributed by atoms with van der Waals surface area (Å²) in [6, 6.07) is 10.4. The molecule has 126 valence electrons. The van der Waals surface area contributed by atoms with Crippen LogP contribution < -0.4 is 5.69 Å². The highest BCUT2D eigenvalue weighted by Crippen LogP contribution is 2.24. The maximum atomic E-state index is 12.6. The molecule has 3 N–H and O–H groups in total. The fraction of sp³-hybridized carbons (Fsp3) is 0.167. The Morgan fingerprint density at radius 3 is 2.64 bits per heavy atom. The highest BCUT2D eigenvalue weighted by Gasteiger charge is 2.20. The fourth-order valence-electron chi connectivity index (χ4n) is 2.99. The third-order valence-electron chi connectivity index (χ3n) is 4.33. The zero-order valence-electron chi connectivity index (χ0n) is 13.3. The Labute approximate surface area is 142 Å². The fourth-order valence-corrected chi connectivity index (χ4v) is 2.99. The van der Waals surface area contributed by atoms with Crippen LogP contribution in [0.3, 0.4) is 0 Å². The number of hydrogen-bond donors (Lipinski definition) is 3. The minimum atomic E-state index is -0.341. The van der Waals surface area contributed by atoms with Gasteiger partial charge >= 0.3 is 5.69 Å². The lowest BCUT2D eigenvalue weighted by atomic mass is 9.99. The van der Waals surface area contributed by atoms with Gasteiger partial charge in [0.25, 0.3) is 5.91 Å². The van der Waals surface area contributed by atoms with Gasteiger partial charge in [0, 0.05) is 13.1 Å². The summed E-state index contributed by atoms with van der Waals surface area (Å²) in [6.45, 7) is 1.09. The van der Waals surface area contributed by atoms with Gasteiger partial charge in [0.05, 0.1) is 5.52 Å². The SMILES string of the molecule is O=C(c1ccc2[nH]c(=O)[nH]c2n1)N1CC=C(c2ccc(O)cc2)CC1. The summed E-state index contributed by atoms with van der Waals surface area (Å²) in [7, 11) is 0. The van der Waals surface area contributed by atoms with E-state index in [-0.39, 0.29) is 17.3 Å². The number of carbonyl (C=O) groups is 1. The molecular formula is C18H16N4O3. The first kappa shape index (κ1) is 15.2. The maximum absolute atomic E-state index is 12.6. The van der Waals surface area contributed by atoms with Gasteiger partial charge in [0.1, 0.15) is 11.4 Å². The lowest BCUT2D eigenvalue weighted by Crippen LogP contribution is -2.35. The molecule has 0 fully saturated rings. The molecule has 0 unspecified atom stereocenters. The Balaban J connectivity index is 1.53. The largest absolute Gasteiger partial charge is 0.508 e. The van der Waals surface area contributed by atoms with Gasteiger partial charge in [-0.3, -0.25) is 9.78 Å². The Hall–Kier alpha value is -3.35. The summed E-state index contributed by atoms with van der Waals surface area (Å²) in [4.78, 5) is 35.1. The predicted molar refractivity (Wildman–Crippen MR) is 93.3 cm³/mol. The summed E-state index contributed by atoms with van der Waals surface area (Å²) in [5.41, 5.74) is 3.13. The molecule has 0 spiro atoms. The number of H-pyrrole nitrogens is 2. The second-order valence-corrected chi connectivity index (χ2v) is 5.95. The summed E-state index contributed by atoms with van der Waals surface area (Å²) < 4.78 is 0. The number of aromatic hydroxyl groups is 1. The molecule has 0 saturated carbocycles. The van der Waals surface area contributed by atoms with E-state index in [0.29, 0.717) is 29.9 Å². The number of rotatable bonds is 2. The predicted octanol–water partition coefficient (Wildman–Crippen LogP) is 1.89. The van der Waals surface area contributed by atoms with Crippen LogP contribution in [0.5, 0.6) is 5.75 Å². The van der Waals surface area contributed by atoms with Gasteiger partial charge in [-0.2, -0.15) is 0 Å². The van der Waals surface area contributed by atoms with Crippen molar-refractivity contribution >= 4 is 22.6 Å². The second-order valence-electron chi connectivity index (χ2n) is 5.95. The van der Waals surface area contributed by atoms with Gasteiger partial charge in [-0.1, -0.05) is 18.2 Å². The summed E-state index contributed by atoms with van der Waals surface area (Å²) in [5.74, 6) is 0.0752. The van der Waals surface area contributed by atoms with Crippen LogP contribution in [0.1, 0.15) is 22.5 Å². The Bertz CT molecular complexity index is 1030. The number of benzene rings is 1. The molecule has 3 heterocycles. The molecule has 0 radical (unpaired) electrons. The van der Waals surface area contributed by atoms with E-state index in [4.69, 9.17) is 0 Å². The van der Waals surface area contributed by atoms with Crippen LogP contribution in [-0.2, 0) is 0 Å². The Morgan fingerprint density at radius 1 is 1.12 bits per heavy atom. The maximum Gasteiger partial charge on any atom is 0.325 e. The molecular weight excluding hydrogens is 320 g/mol. The van der Waals surface area contributed by atoms with E-state index in [2.05, 4.69) is 15.0 Å². The van der Waals surface area contributed by atoms with Gasteiger partial charge < -0.3 is 15.0 Å². The number of amides is 1. The van der Waals surface area contributed by atoms with Crippen LogP contribution in [0.4, 0.5) is 0 Å². The number of aromatic amines is 2. The average molecular weight is 336 g/mol. The van der Waals surface area contributed by atoms with Gasteiger partial charge in [-0.15, -0.1) is 0 Å². The van der Waals surface area contributed by atoms with Gasteiger partial charge in [0.2, 0.25) is 0 Å². The van der Waals surface area contributed by atoms with E-state index < -0.39 is 0 Å². The van der Waals surface area contributed by atoms with Crippen LogP contribution in [0.2, 0.25) is 0 Å². The van der Waals surface area contributed by atoms with Crippen molar-refractivity contribution in [2.75, 3.05) is 13.1 Å². The molecule has 1 aromatic carbocycles. The number of phenolic OH excluding ortho intramolecular Hbond substituents is 1. The van der Waals surface area contributed by atoms with E-state index in [1.165, 1.54) is 0 Å². The number of hydrogen-bond acceptors (Lipinski definition) is 4. The lowest BCUT2D eigenvalue weighted by Gasteiger charge is -2.26. The van der Waals surface area contributed by atoms with Crippen molar-refractivity contribution in [2.45, 2.75) is 6.42 Å². The number of phenols is 1. The topological polar surface area (TPSA) is 102 Å². The molecule has 4 rings (SSSR count). The number of carbonyl (C=O) groups excluding carboxylic acids is 1. The molecule has 0 atom stereocenters. The normalized spacial score (nSPS) is 14.6. The molecule has 7 nitrogen and oxygen atoms in total. The van der Waals surface area contributed by atoms with E-state index >= 15 is 0 Å². The van der Waals surface area contributed by atoms with E-state index in [9.17, 15) is 14.7 Å². The zero-order chi connectivity index (χ0) is 17.4. The molecule has 7 heteroatoms. The highest BCUT2D eigenvalue weighted by atomic mass is 16.3. The number of fused-ring (bicyclic) bond motifs is 1. The monoisotopic (exact) mass is 336 g/mol. The van der Waals surface area contributed by atoms with Crippen LogP contribution in [0, 0.1) is 0 Å². The van der Waals surface area contributed by atoms with Gasteiger partial charge in [-0.25, -0.2) is 9.78 Å². The minimum absolute atomic E-state index is 0.162. The van der Waals surface area contributed by atoms with Crippen molar-refractivity contribution < 1.29 is 9.90 Å². The van der Waals surface area contributed by atoms with Crippen LogP contribution in [0.15, 0.2) is 47.3 Å². The molecule has 1 aliphatic rings. The van der Waals surface area contributed by atoms with E-state index in [0.717, 1.165) is 17.6 Å².